The van der Waals surface area contributed by atoms with Gasteiger partial charge in [0.05, 0.1) is 17.9 Å². The molecule has 0 bridgehead atoms. The van der Waals surface area contributed by atoms with Crippen LogP contribution in [0.25, 0.3) is 0 Å². The molecule has 0 radical (unpaired) electrons. The van der Waals surface area contributed by atoms with Crippen molar-refractivity contribution in [2.75, 3.05) is 17.7 Å². The van der Waals surface area contributed by atoms with Crippen molar-refractivity contribution in [1.29, 1.82) is 0 Å². The number of alkyl halides is 3. The molecule has 0 heterocycles. The van der Waals surface area contributed by atoms with Crippen LogP contribution in [0.4, 0.5) is 18.9 Å². The highest BCUT2D eigenvalue weighted by molar-refractivity contribution is 8.00. The zero-order valence-corrected chi connectivity index (χ0v) is 15.3. The number of carbonyl (C=O) groups is 2. The molecule has 144 valence electrons. The lowest BCUT2D eigenvalue weighted by Gasteiger charge is -2.17. The predicted octanol–water partition coefficient (Wildman–Crippen LogP) is 4.68. The Morgan fingerprint density at radius 3 is 2.44 bits per heavy atom. The Labute approximate surface area is 159 Å². The first-order valence-corrected chi connectivity index (χ1v) is 9.16. The SMILES string of the molecule is CCOC(=O)CS[C@H](C(=O)Nc1cccc(C(F)(F)F)c1)c1ccccc1. The van der Waals surface area contributed by atoms with Gasteiger partial charge in [0.25, 0.3) is 0 Å². The van der Waals surface area contributed by atoms with Crippen molar-refractivity contribution < 1.29 is 27.5 Å². The lowest BCUT2D eigenvalue weighted by atomic mass is 10.1. The monoisotopic (exact) mass is 397 g/mol. The number of ether oxygens (including phenoxy) is 1. The summed E-state index contributed by atoms with van der Waals surface area (Å²) in [6, 6.07) is 13.1. The quantitative estimate of drug-likeness (QED) is 0.689. The van der Waals surface area contributed by atoms with Gasteiger partial charge in [-0.15, -0.1) is 11.8 Å². The summed E-state index contributed by atoms with van der Waals surface area (Å²) in [7, 11) is 0. The number of nitrogens with one attached hydrogen (secondary N) is 1. The third kappa shape index (κ3) is 6.32. The number of halogens is 3. The van der Waals surface area contributed by atoms with Crippen LogP contribution in [0.1, 0.15) is 23.3 Å². The lowest BCUT2D eigenvalue weighted by Crippen LogP contribution is -2.21. The van der Waals surface area contributed by atoms with Crippen LogP contribution >= 0.6 is 11.8 Å². The van der Waals surface area contributed by atoms with E-state index in [0.717, 1.165) is 23.9 Å². The molecule has 1 atom stereocenters. The lowest BCUT2D eigenvalue weighted by molar-refractivity contribution is -0.140. The number of rotatable bonds is 7. The zero-order valence-electron chi connectivity index (χ0n) is 14.5. The Bertz CT molecular complexity index is 781. The molecule has 2 aromatic carbocycles. The maximum Gasteiger partial charge on any atom is 0.416 e. The fourth-order valence-corrected chi connectivity index (χ4v) is 3.23. The highest BCUT2D eigenvalue weighted by Gasteiger charge is 2.31. The van der Waals surface area contributed by atoms with Crippen molar-refractivity contribution >= 4 is 29.3 Å². The molecule has 0 aliphatic heterocycles. The third-order valence-electron chi connectivity index (χ3n) is 3.47. The van der Waals surface area contributed by atoms with Crippen LogP contribution in [0, 0.1) is 0 Å². The van der Waals surface area contributed by atoms with Crippen LogP contribution in [-0.4, -0.2) is 24.2 Å². The highest BCUT2D eigenvalue weighted by Crippen LogP contribution is 2.33. The molecule has 0 aromatic heterocycles. The number of benzene rings is 2. The van der Waals surface area contributed by atoms with Crippen molar-refractivity contribution in [2.24, 2.45) is 0 Å². The molecule has 2 aromatic rings. The van der Waals surface area contributed by atoms with Gasteiger partial charge >= 0.3 is 12.1 Å². The van der Waals surface area contributed by atoms with Crippen LogP contribution in [0.2, 0.25) is 0 Å². The van der Waals surface area contributed by atoms with Crippen molar-refractivity contribution in [2.45, 2.75) is 18.3 Å². The molecule has 0 fully saturated rings. The highest BCUT2D eigenvalue weighted by atomic mass is 32.2. The van der Waals surface area contributed by atoms with E-state index < -0.39 is 28.9 Å². The largest absolute Gasteiger partial charge is 0.465 e. The van der Waals surface area contributed by atoms with E-state index in [9.17, 15) is 22.8 Å². The van der Waals surface area contributed by atoms with E-state index in [2.05, 4.69) is 5.32 Å². The molecule has 8 heteroatoms. The molecule has 0 unspecified atom stereocenters. The van der Waals surface area contributed by atoms with Crippen LogP contribution in [-0.2, 0) is 20.5 Å². The molecular formula is C19H18F3NO3S. The minimum atomic E-state index is -4.50. The molecular weight excluding hydrogens is 379 g/mol. The predicted molar refractivity (Wildman–Crippen MR) is 98.3 cm³/mol. The molecule has 0 saturated carbocycles. The standard InChI is InChI=1S/C19H18F3NO3S/c1-2-26-16(24)12-27-17(13-7-4-3-5-8-13)18(25)23-15-10-6-9-14(11-15)19(20,21)22/h3-11,17H,2,12H2,1H3,(H,23,25)/t17-/m0/s1. The fourth-order valence-electron chi connectivity index (χ4n) is 2.29. The first-order chi connectivity index (χ1) is 12.8. The summed E-state index contributed by atoms with van der Waals surface area (Å²) in [5.41, 5.74) is -0.181. The Balaban J connectivity index is 2.17. The van der Waals surface area contributed by atoms with E-state index in [4.69, 9.17) is 4.74 Å². The number of thioether (sulfide) groups is 1. The number of anilines is 1. The zero-order chi connectivity index (χ0) is 19.9. The average Bonchev–Trinajstić information content (AvgIpc) is 2.62. The summed E-state index contributed by atoms with van der Waals surface area (Å²) >= 11 is 1.05. The van der Waals surface area contributed by atoms with Gasteiger partial charge in [0, 0.05) is 5.69 Å². The molecule has 0 aliphatic carbocycles. The first-order valence-electron chi connectivity index (χ1n) is 8.11. The van der Waals surface area contributed by atoms with E-state index in [1.807, 2.05) is 0 Å². The average molecular weight is 397 g/mol. The minimum absolute atomic E-state index is 0.0347. The summed E-state index contributed by atoms with van der Waals surface area (Å²) < 4.78 is 43.4. The van der Waals surface area contributed by atoms with Crippen molar-refractivity contribution in [1.82, 2.24) is 0 Å². The van der Waals surface area contributed by atoms with Gasteiger partial charge in [-0.05, 0) is 30.7 Å². The topological polar surface area (TPSA) is 55.4 Å². The third-order valence-corrected chi connectivity index (χ3v) is 4.69. The van der Waals surface area contributed by atoms with Crippen LogP contribution in [0.5, 0.6) is 0 Å². The van der Waals surface area contributed by atoms with Crippen LogP contribution in [0.3, 0.4) is 0 Å². The van der Waals surface area contributed by atoms with Gasteiger partial charge < -0.3 is 10.1 Å². The summed E-state index contributed by atoms with van der Waals surface area (Å²) in [5.74, 6) is -1.03. The molecule has 2 rings (SSSR count). The van der Waals surface area contributed by atoms with E-state index in [0.29, 0.717) is 5.56 Å². The Hall–Kier alpha value is -2.48. The van der Waals surface area contributed by atoms with E-state index in [1.165, 1.54) is 12.1 Å². The number of hydrogen-bond acceptors (Lipinski definition) is 4. The van der Waals surface area contributed by atoms with E-state index in [-0.39, 0.29) is 18.0 Å². The Kier molecular flexibility index (Phi) is 7.29. The van der Waals surface area contributed by atoms with Gasteiger partial charge in [0.1, 0.15) is 5.25 Å². The minimum Gasteiger partial charge on any atom is -0.465 e. The number of carbonyl (C=O) groups excluding carboxylic acids is 2. The van der Waals surface area contributed by atoms with Gasteiger partial charge in [-0.25, -0.2) is 0 Å². The molecule has 0 saturated heterocycles. The van der Waals surface area contributed by atoms with Gasteiger partial charge in [-0.3, -0.25) is 9.59 Å². The molecule has 0 aliphatic rings. The van der Waals surface area contributed by atoms with Gasteiger partial charge in [0.2, 0.25) is 5.91 Å². The van der Waals surface area contributed by atoms with Gasteiger partial charge in [0.15, 0.2) is 0 Å². The molecule has 1 amide bonds. The van der Waals surface area contributed by atoms with Crippen LogP contribution < -0.4 is 5.32 Å². The molecule has 4 nitrogen and oxygen atoms in total. The Morgan fingerprint density at radius 1 is 1.11 bits per heavy atom. The van der Waals surface area contributed by atoms with Gasteiger partial charge in [-0.2, -0.15) is 13.2 Å². The maximum absolute atomic E-state index is 12.8. The first kappa shape index (κ1) is 20.8. The molecule has 0 spiro atoms. The number of esters is 1. The molecule has 1 N–H and O–H groups in total. The normalized spacial score (nSPS) is 12.3. The second-order valence-electron chi connectivity index (χ2n) is 5.47. The van der Waals surface area contributed by atoms with Crippen molar-refractivity contribution in [3.8, 4) is 0 Å². The summed E-state index contributed by atoms with van der Waals surface area (Å²) in [4.78, 5) is 24.3. The van der Waals surface area contributed by atoms with Gasteiger partial charge in [-0.1, -0.05) is 36.4 Å². The second-order valence-corrected chi connectivity index (χ2v) is 6.57. The van der Waals surface area contributed by atoms with E-state index in [1.54, 1.807) is 37.3 Å². The summed E-state index contributed by atoms with van der Waals surface area (Å²) in [6.45, 7) is 1.91. The number of amides is 1. The summed E-state index contributed by atoms with van der Waals surface area (Å²) in [5, 5.41) is 1.72. The van der Waals surface area contributed by atoms with Crippen molar-refractivity contribution in [3.05, 3.63) is 65.7 Å². The van der Waals surface area contributed by atoms with E-state index >= 15 is 0 Å². The molecule has 27 heavy (non-hydrogen) atoms. The fraction of sp³-hybridized carbons (Fsp3) is 0.263. The van der Waals surface area contributed by atoms with Crippen LogP contribution in [0.15, 0.2) is 54.6 Å². The number of hydrogen-bond donors (Lipinski definition) is 1. The second kappa shape index (κ2) is 9.45. The van der Waals surface area contributed by atoms with Crippen molar-refractivity contribution in [3.63, 3.8) is 0 Å². The maximum atomic E-state index is 12.8. The summed E-state index contributed by atoms with van der Waals surface area (Å²) in [6.07, 6.45) is -4.50. The smallest absolute Gasteiger partial charge is 0.416 e. The Morgan fingerprint density at radius 2 is 1.81 bits per heavy atom.